The van der Waals surface area contributed by atoms with Crippen molar-refractivity contribution in [2.45, 2.75) is 26.8 Å². The van der Waals surface area contributed by atoms with E-state index in [1.54, 1.807) is 42.0 Å². The Kier molecular flexibility index (Phi) is 5.91. The van der Waals surface area contributed by atoms with E-state index in [2.05, 4.69) is 9.97 Å². The van der Waals surface area contributed by atoms with Crippen molar-refractivity contribution in [2.75, 3.05) is 7.11 Å². The molecule has 33 heavy (non-hydrogen) atoms. The average Bonchev–Trinajstić information content (AvgIpc) is 2.78. The number of aryl methyl sites for hydroxylation is 2. The summed E-state index contributed by atoms with van der Waals surface area (Å²) < 4.78 is 20.5. The predicted octanol–water partition coefficient (Wildman–Crippen LogP) is 4.66. The van der Waals surface area contributed by atoms with Gasteiger partial charge in [-0.15, -0.1) is 0 Å². The number of nitrogens with one attached hydrogen (secondary N) is 1. The molecule has 8 heteroatoms. The van der Waals surface area contributed by atoms with Gasteiger partial charge in [-0.1, -0.05) is 12.1 Å². The van der Waals surface area contributed by atoms with Gasteiger partial charge in [0.2, 0.25) is 0 Å². The van der Waals surface area contributed by atoms with Crippen LogP contribution in [0, 0.1) is 11.2 Å². The summed E-state index contributed by atoms with van der Waals surface area (Å²) in [4.78, 5) is 21.5. The van der Waals surface area contributed by atoms with Crippen LogP contribution in [0.25, 0.3) is 27.5 Å². The Bertz CT molecular complexity index is 1470. The molecule has 7 nitrogen and oxygen atoms in total. The number of aliphatic hydroxyl groups excluding tert-OH is 1. The number of allylic oxidation sites excluding steroid dienone is 2. The number of aromatic nitrogens is 3. The van der Waals surface area contributed by atoms with Gasteiger partial charge in [-0.05, 0) is 50.1 Å². The summed E-state index contributed by atoms with van der Waals surface area (Å²) in [5.41, 5.74) is 3.45. The van der Waals surface area contributed by atoms with Gasteiger partial charge in [-0.2, -0.15) is 0 Å². The Morgan fingerprint density at radius 3 is 2.45 bits per heavy atom. The fourth-order valence-electron chi connectivity index (χ4n) is 4.02. The molecule has 168 valence electrons. The molecule has 0 aliphatic carbocycles. The number of hydrogen-bond acceptors (Lipinski definition) is 6. The van der Waals surface area contributed by atoms with Crippen molar-refractivity contribution in [2.24, 2.45) is 0 Å². The minimum atomic E-state index is -0.308. The van der Waals surface area contributed by atoms with Crippen molar-refractivity contribution < 1.29 is 14.2 Å². The van der Waals surface area contributed by atoms with Crippen LogP contribution in [-0.2, 0) is 13.0 Å². The maximum Gasteiger partial charge on any atom is 0.269 e. The third-order valence-corrected chi connectivity index (χ3v) is 5.53. The van der Waals surface area contributed by atoms with Gasteiger partial charge < -0.3 is 19.8 Å². The highest BCUT2D eigenvalue weighted by atomic mass is 19.1. The van der Waals surface area contributed by atoms with Crippen LogP contribution in [0.5, 0.6) is 5.75 Å². The Labute approximate surface area is 189 Å². The first-order valence-electron chi connectivity index (χ1n) is 10.4. The van der Waals surface area contributed by atoms with Crippen molar-refractivity contribution >= 4 is 33.2 Å². The number of aliphatic hydroxyl groups is 1. The van der Waals surface area contributed by atoms with Gasteiger partial charge >= 0.3 is 0 Å². The average molecular weight is 446 g/mol. The van der Waals surface area contributed by atoms with E-state index in [0.717, 1.165) is 5.56 Å². The molecule has 0 unspecified atom stereocenters. The molecule has 0 aliphatic heterocycles. The lowest BCUT2D eigenvalue weighted by Crippen LogP contribution is -2.22. The summed E-state index contributed by atoms with van der Waals surface area (Å²) >= 11 is 0. The lowest BCUT2D eigenvalue weighted by molar-refractivity contribution is 0.409. The summed E-state index contributed by atoms with van der Waals surface area (Å²) in [5, 5.41) is 18.9. The predicted molar refractivity (Wildman–Crippen MR) is 127 cm³/mol. The molecule has 2 N–H and O–H groups in total. The first-order valence-corrected chi connectivity index (χ1v) is 10.4. The number of rotatable bonds is 6. The van der Waals surface area contributed by atoms with Gasteiger partial charge in [0, 0.05) is 28.8 Å². The van der Waals surface area contributed by atoms with Gasteiger partial charge in [0.25, 0.3) is 5.56 Å². The zero-order valence-corrected chi connectivity index (χ0v) is 18.5. The van der Waals surface area contributed by atoms with Crippen LogP contribution in [0.15, 0.2) is 59.3 Å². The molecular weight excluding hydrogens is 423 g/mol. The molecule has 2 aromatic carbocycles. The summed E-state index contributed by atoms with van der Waals surface area (Å²) in [6, 6.07) is 9.68. The number of fused-ring (bicyclic) bond motifs is 3. The highest BCUT2D eigenvalue weighted by Gasteiger charge is 2.18. The highest BCUT2D eigenvalue weighted by Crippen LogP contribution is 2.34. The Morgan fingerprint density at radius 2 is 1.82 bits per heavy atom. The molecule has 0 spiro atoms. The minimum absolute atomic E-state index is 0.00110. The van der Waals surface area contributed by atoms with E-state index in [0.29, 0.717) is 51.8 Å². The standard InChI is InChI=1S/C25H23FN4O3/c1-14(27)24(15(2)31)19-10-20-18(11-22(19)33-3)25-21(12-28-20)29-13-23(32)30(25)9-8-16-4-6-17(26)7-5-16/h4-7,10-13,27,31H,8-9H2,1-3H3/b24-15+,27-14?. The first kappa shape index (κ1) is 22.1. The van der Waals surface area contributed by atoms with E-state index in [1.807, 2.05) is 0 Å². The van der Waals surface area contributed by atoms with Crippen molar-refractivity contribution in [3.8, 4) is 5.75 Å². The SMILES string of the molecule is COc1cc2c(cc1/C(C(C)=N)=C(\C)O)ncc1ncc(=O)n(CCc3ccc(F)cc3)c12. The molecule has 4 aromatic rings. The number of hydrogen-bond donors (Lipinski definition) is 2. The normalized spacial score (nSPS) is 12.1. The van der Waals surface area contributed by atoms with Crippen molar-refractivity contribution in [1.82, 2.24) is 14.5 Å². The number of halogens is 1. The molecule has 0 bridgehead atoms. The molecule has 4 rings (SSSR count). The van der Waals surface area contributed by atoms with Crippen molar-refractivity contribution in [1.29, 1.82) is 5.41 Å². The van der Waals surface area contributed by atoms with Crippen molar-refractivity contribution in [3.05, 3.63) is 81.8 Å². The second-order valence-corrected chi connectivity index (χ2v) is 7.77. The number of ether oxygens (including phenoxy) is 1. The van der Waals surface area contributed by atoms with Gasteiger partial charge in [-0.25, -0.2) is 9.37 Å². The van der Waals surface area contributed by atoms with Crippen molar-refractivity contribution in [3.63, 3.8) is 0 Å². The molecule has 0 atom stereocenters. The fraction of sp³-hybridized carbons (Fsp3) is 0.200. The van der Waals surface area contributed by atoms with Crippen LogP contribution in [-0.4, -0.2) is 32.5 Å². The minimum Gasteiger partial charge on any atom is -0.512 e. The van der Waals surface area contributed by atoms with Gasteiger partial charge in [0.05, 0.1) is 36.3 Å². The zero-order chi connectivity index (χ0) is 23.7. The third-order valence-electron chi connectivity index (χ3n) is 5.53. The van der Waals surface area contributed by atoms with Crippen LogP contribution in [0.3, 0.4) is 0 Å². The molecule has 0 fully saturated rings. The number of nitrogens with zero attached hydrogens (tertiary/aromatic N) is 3. The van der Waals surface area contributed by atoms with E-state index < -0.39 is 0 Å². The smallest absolute Gasteiger partial charge is 0.269 e. The van der Waals surface area contributed by atoms with E-state index in [1.165, 1.54) is 32.4 Å². The fourth-order valence-corrected chi connectivity index (χ4v) is 4.02. The quantitative estimate of drug-likeness (QED) is 0.255. The Balaban J connectivity index is 1.93. The Morgan fingerprint density at radius 1 is 1.12 bits per heavy atom. The molecule has 2 aromatic heterocycles. The topological polar surface area (TPSA) is 101 Å². The van der Waals surface area contributed by atoms with Crippen LogP contribution >= 0.6 is 0 Å². The molecule has 0 amide bonds. The van der Waals surface area contributed by atoms with E-state index in [9.17, 15) is 14.3 Å². The molecule has 2 heterocycles. The van der Waals surface area contributed by atoms with Crippen LogP contribution < -0.4 is 10.3 Å². The Hall–Kier alpha value is -4.07. The summed E-state index contributed by atoms with van der Waals surface area (Å²) in [6.45, 7) is 3.47. The second kappa shape index (κ2) is 8.82. The second-order valence-electron chi connectivity index (χ2n) is 7.77. The number of methoxy groups -OCH3 is 1. The van der Waals surface area contributed by atoms with Gasteiger partial charge in [-0.3, -0.25) is 9.78 Å². The lowest BCUT2D eigenvalue weighted by Gasteiger charge is -2.16. The third kappa shape index (κ3) is 4.19. The van der Waals surface area contributed by atoms with E-state index in [4.69, 9.17) is 10.1 Å². The van der Waals surface area contributed by atoms with E-state index in [-0.39, 0.29) is 22.8 Å². The maximum absolute atomic E-state index is 13.2. The molecule has 0 saturated carbocycles. The summed E-state index contributed by atoms with van der Waals surface area (Å²) in [7, 11) is 1.51. The molecule has 0 saturated heterocycles. The highest BCUT2D eigenvalue weighted by molar-refractivity contribution is 6.23. The largest absolute Gasteiger partial charge is 0.512 e. The summed E-state index contributed by atoms with van der Waals surface area (Å²) in [5.74, 6) is 0.129. The first-order chi connectivity index (χ1) is 15.8. The van der Waals surface area contributed by atoms with E-state index >= 15 is 0 Å². The maximum atomic E-state index is 13.2. The number of pyridine rings is 1. The zero-order valence-electron chi connectivity index (χ0n) is 18.5. The number of benzene rings is 2. The van der Waals surface area contributed by atoms with Crippen LogP contribution in [0.4, 0.5) is 4.39 Å². The monoisotopic (exact) mass is 446 g/mol. The van der Waals surface area contributed by atoms with Crippen LogP contribution in [0.2, 0.25) is 0 Å². The molecule has 0 radical (unpaired) electrons. The lowest BCUT2D eigenvalue weighted by atomic mass is 9.97. The molecule has 0 aliphatic rings. The summed E-state index contributed by atoms with van der Waals surface area (Å²) in [6.07, 6.45) is 3.39. The molecular formula is C25H23FN4O3. The van der Waals surface area contributed by atoms with Gasteiger partial charge in [0.15, 0.2) is 0 Å². The van der Waals surface area contributed by atoms with Gasteiger partial charge in [0.1, 0.15) is 17.1 Å². The van der Waals surface area contributed by atoms with Crippen LogP contribution in [0.1, 0.15) is 25.0 Å².